The van der Waals surface area contributed by atoms with Crippen LogP contribution in [0.15, 0.2) is 12.1 Å². The van der Waals surface area contributed by atoms with Crippen molar-refractivity contribution in [1.82, 2.24) is 0 Å². The van der Waals surface area contributed by atoms with Crippen LogP contribution in [0.3, 0.4) is 0 Å². The van der Waals surface area contributed by atoms with E-state index in [9.17, 15) is 15.3 Å². The van der Waals surface area contributed by atoms with E-state index in [4.69, 9.17) is 0 Å². The van der Waals surface area contributed by atoms with Crippen LogP contribution in [0.2, 0.25) is 0 Å². The van der Waals surface area contributed by atoms with E-state index >= 15 is 0 Å². The van der Waals surface area contributed by atoms with Gasteiger partial charge in [-0.25, -0.2) is 0 Å². The summed E-state index contributed by atoms with van der Waals surface area (Å²) in [5, 5.41) is 29.1. The van der Waals surface area contributed by atoms with E-state index in [1.54, 1.807) is 6.07 Å². The summed E-state index contributed by atoms with van der Waals surface area (Å²) in [6, 6.07) is 3.45. The molecular formula is C14H20O3. The summed E-state index contributed by atoms with van der Waals surface area (Å²) in [6.07, 6.45) is 1.05. The minimum absolute atomic E-state index is 0.143. The maximum atomic E-state index is 10.1. The highest BCUT2D eigenvalue weighted by Crippen LogP contribution is 2.39. The Balaban J connectivity index is 2.37. The zero-order valence-corrected chi connectivity index (χ0v) is 10.3. The highest BCUT2D eigenvalue weighted by Gasteiger charge is 2.30. The molecule has 0 unspecified atom stereocenters. The number of benzene rings is 1. The van der Waals surface area contributed by atoms with E-state index in [-0.39, 0.29) is 24.2 Å². The van der Waals surface area contributed by atoms with Gasteiger partial charge in [0.05, 0.1) is 6.10 Å². The molecule has 94 valence electrons. The molecule has 0 aliphatic heterocycles. The van der Waals surface area contributed by atoms with Crippen LogP contribution in [0.4, 0.5) is 0 Å². The maximum Gasteiger partial charge on any atom is 0.118 e. The zero-order chi connectivity index (χ0) is 12.6. The summed E-state index contributed by atoms with van der Waals surface area (Å²) in [5.41, 5.74) is 2.84. The summed E-state index contributed by atoms with van der Waals surface area (Å²) >= 11 is 0. The third kappa shape index (κ3) is 2.17. The van der Waals surface area contributed by atoms with Crippen molar-refractivity contribution in [2.75, 3.05) is 6.61 Å². The molecular weight excluding hydrogens is 216 g/mol. The molecule has 2 rings (SSSR count). The van der Waals surface area contributed by atoms with Gasteiger partial charge in [0.2, 0.25) is 0 Å². The van der Waals surface area contributed by atoms with Crippen molar-refractivity contribution in [1.29, 1.82) is 0 Å². The van der Waals surface area contributed by atoms with Gasteiger partial charge < -0.3 is 15.3 Å². The van der Waals surface area contributed by atoms with Crippen molar-refractivity contribution in [3.8, 4) is 5.75 Å². The van der Waals surface area contributed by atoms with Gasteiger partial charge in [-0.1, -0.05) is 13.0 Å². The first-order valence-corrected chi connectivity index (χ1v) is 6.14. The molecule has 1 aliphatic carbocycles. The second-order valence-corrected chi connectivity index (χ2v) is 5.15. The van der Waals surface area contributed by atoms with Crippen LogP contribution in [0, 0.1) is 18.8 Å². The van der Waals surface area contributed by atoms with E-state index in [0.717, 1.165) is 23.1 Å². The monoisotopic (exact) mass is 236 g/mol. The molecule has 0 bridgehead atoms. The summed E-state index contributed by atoms with van der Waals surface area (Å²) in [7, 11) is 0. The molecule has 1 aromatic carbocycles. The molecule has 0 spiro atoms. The van der Waals surface area contributed by atoms with E-state index in [1.807, 2.05) is 19.9 Å². The van der Waals surface area contributed by atoms with E-state index in [0.29, 0.717) is 6.42 Å². The van der Waals surface area contributed by atoms with Crippen LogP contribution in [-0.4, -0.2) is 21.9 Å². The molecule has 0 aromatic heterocycles. The van der Waals surface area contributed by atoms with Crippen molar-refractivity contribution >= 4 is 0 Å². The number of fused-ring (bicyclic) bond motifs is 1. The van der Waals surface area contributed by atoms with Gasteiger partial charge in [0.25, 0.3) is 0 Å². The second kappa shape index (κ2) is 4.67. The fourth-order valence-electron chi connectivity index (χ4n) is 2.69. The molecule has 3 nitrogen and oxygen atoms in total. The van der Waals surface area contributed by atoms with Crippen molar-refractivity contribution in [3.05, 3.63) is 28.8 Å². The lowest BCUT2D eigenvalue weighted by atomic mass is 9.75. The van der Waals surface area contributed by atoms with E-state index in [1.165, 1.54) is 0 Å². The number of phenolic OH excluding ortho intramolecular Hbond substituents is 1. The van der Waals surface area contributed by atoms with Crippen molar-refractivity contribution < 1.29 is 15.3 Å². The first kappa shape index (κ1) is 12.4. The molecule has 3 heteroatoms. The quantitative estimate of drug-likeness (QED) is 0.735. The maximum absolute atomic E-state index is 10.1. The van der Waals surface area contributed by atoms with Gasteiger partial charge in [0, 0.05) is 6.61 Å². The third-order valence-corrected chi connectivity index (χ3v) is 4.05. The molecule has 0 saturated heterocycles. The standard InChI is InChI=1S/C14H20O3/c1-8(7-15)10-5-12-9(2)13(16)4-3-11(12)14(17)6-10/h3-4,8,10,14-17H,5-7H2,1-2H3/t8-,10+,14+/m1/s1. The van der Waals surface area contributed by atoms with Gasteiger partial charge in [0.15, 0.2) is 0 Å². The first-order chi connectivity index (χ1) is 8.04. The largest absolute Gasteiger partial charge is 0.508 e. The molecule has 3 atom stereocenters. The van der Waals surface area contributed by atoms with Gasteiger partial charge in [-0.2, -0.15) is 0 Å². The Hall–Kier alpha value is -1.06. The number of aliphatic hydroxyl groups is 2. The van der Waals surface area contributed by atoms with E-state index < -0.39 is 6.10 Å². The van der Waals surface area contributed by atoms with Gasteiger partial charge in [-0.15, -0.1) is 0 Å². The SMILES string of the molecule is Cc1c(O)ccc2c1C[C@H]([C@H](C)CO)C[C@@H]2O. The van der Waals surface area contributed by atoms with Gasteiger partial charge in [-0.3, -0.25) is 0 Å². The minimum Gasteiger partial charge on any atom is -0.508 e. The summed E-state index contributed by atoms with van der Waals surface area (Å²) in [5.74, 6) is 0.746. The number of hydrogen-bond acceptors (Lipinski definition) is 3. The Morgan fingerprint density at radius 1 is 1.41 bits per heavy atom. The smallest absolute Gasteiger partial charge is 0.118 e. The van der Waals surface area contributed by atoms with Crippen LogP contribution in [0.25, 0.3) is 0 Å². The van der Waals surface area contributed by atoms with Crippen molar-refractivity contribution in [3.63, 3.8) is 0 Å². The Labute approximate surface area is 102 Å². The molecule has 0 heterocycles. The number of hydrogen-bond donors (Lipinski definition) is 3. The topological polar surface area (TPSA) is 60.7 Å². The molecule has 1 aliphatic rings. The molecule has 0 amide bonds. The number of aliphatic hydroxyl groups excluding tert-OH is 2. The lowest BCUT2D eigenvalue weighted by Gasteiger charge is -2.33. The minimum atomic E-state index is -0.475. The predicted octanol–water partition coefficient (Wildman–Crippen LogP) is 1.92. The van der Waals surface area contributed by atoms with Crippen LogP contribution < -0.4 is 0 Å². The Bertz CT molecular complexity index is 414. The number of rotatable bonds is 2. The zero-order valence-electron chi connectivity index (χ0n) is 10.3. The fourth-order valence-corrected chi connectivity index (χ4v) is 2.69. The molecule has 0 radical (unpaired) electrons. The predicted molar refractivity (Wildman–Crippen MR) is 65.9 cm³/mol. The average molecular weight is 236 g/mol. The lowest BCUT2D eigenvalue weighted by Crippen LogP contribution is -2.26. The Morgan fingerprint density at radius 3 is 2.76 bits per heavy atom. The van der Waals surface area contributed by atoms with Gasteiger partial charge in [0.1, 0.15) is 5.75 Å². The third-order valence-electron chi connectivity index (χ3n) is 4.05. The Morgan fingerprint density at radius 2 is 2.12 bits per heavy atom. The van der Waals surface area contributed by atoms with Crippen LogP contribution in [0.5, 0.6) is 5.75 Å². The van der Waals surface area contributed by atoms with Gasteiger partial charge in [-0.05, 0) is 54.4 Å². The normalized spacial score (nSPS) is 25.4. The highest BCUT2D eigenvalue weighted by atomic mass is 16.3. The highest BCUT2D eigenvalue weighted by molar-refractivity contribution is 5.45. The number of phenols is 1. The van der Waals surface area contributed by atoms with Crippen molar-refractivity contribution in [2.45, 2.75) is 32.8 Å². The van der Waals surface area contributed by atoms with Crippen LogP contribution >= 0.6 is 0 Å². The fraction of sp³-hybridized carbons (Fsp3) is 0.571. The first-order valence-electron chi connectivity index (χ1n) is 6.14. The average Bonchev–Trinajstić information content (AvgIpc) is 2.33. The van der Waals surface area contributed by atoms with E-state index in [2.05, 4.69) is 0 Å². The summed E-state index contributed by atoms with van der Waals surface area (Å²) < 4.78 is 0. The molecule has 0 fully saturated rings. The summed E-state index contributed by atoms with van der Waals surface area (Å²) in [4.78, 5) is 0. The number of aromatic hydroxyl groups is 1. The van der Waals surface area contributed by atoms with Crippen molar-refractivity contribution in [2.24, 2.45) is 11.8 Å². The Kier molecular flexibility index (Phi) is 3.40. The molecule has 17 heavy (non-hydrogen) atoms. The second-order valence-electron chi connectivity index (χ2n) is 5.15. The molecule has 0 saturated carbocycles. The molecule has 3 N–H and O–H groups in total. The van der Waals surface area contributed by atoms with Gasteiger partial charge >= 0.3 is 0 Å². The lowest BCUT2D eigenvalue weighted by molar-refractivity contribution is 0.0941. The summed E-state index contributed by atoms with van der Waals surface area (Å²) in [6.45, 7) is 4.03. The van der Waals surface area contributed by atoms with Crippen LogP contribution in [0.1, 0.15) is 36.1 Å². The molecule has 1 aromatic rings. The van der Waals surface area contributed by atoms with Crippen LogP contribution in [-0.2, 0) is 6.42 Å².